The minimum Gasteiger partial charge on any atom is -0.481 e. The smallest absolute Gasteiger partial charge is 0.310 e. The molecule has 2 aromatic rings. The van der Waals surface area contributed by atoms with Gasteiger partial charge in [-0.3, -0.25) is 9.59 Å². The van der Waals surface area contributed by atoms with Gasteiger partial charge in [-0.15, -0.1) is 0 Å². The Hall–Kier alpha value is -2.14. The highest BCUT2D eigenvalue weighted by atomic mass is 79.9. The van der Waals surface area contributed by atoms with Crippen molar-refractivity contribution < 1.29 is 14.7 Å². The first-order valence-electron chi connectivity index (χ1n) is 7.76. The summed E-state index contributed by atoms with van der Waals surface area (Å²) < 4.78 is 0.787. The Balaban J connectivity index is 1.78. The summed E-state index contributed by atoms with van der Waals surface area (Å²) in [5.41, 5.74) is 2.70. The number of nitrogens with one attached hydrogen (secondary N) is 1. The van der Waals surface area contributed by atoms with E-state index in [0.717, 1.165) is 21.2 Å². The number of aliphatic carboxylic acids is 1. The first-order valence-corrected chi connectivity index (χ1v) is 8.55. The maximum atomic E-state index is 12.5. The summed E-state index contributed by atoms with van der Waals surface area (Å²) in [5.74, 6) is -1.20. The van der Waals surface area contributed by atoms with Crippen molar-refractivity contribution in [2.24, 2.45) is 5.41 Å². The number of amides is 1. The van der Waals surface area contributed by atoms with Crippen LogP contribution in [0.5, 0.6) is 0 Å². The lowest BCUT2D eigenvalue weighted by atomic mass is 9.81. The lowest BCUT2D eigenvalue weighted by molar-refractivity contribution is -0.150. The van der Waals surface area contributed by atoms with Crippen LogP contribution in [0.2, 0.25) is 0 Å². The van der Waals surface area contributed by atoms with Gasteiger partial charge in [0.1, 0.15) is 0 Å². The summed E-state index contributed by atoms with van der Waals surface area (Å²) in [6.45, 7) is 1.96. The number of hydrogen-bond acceptors (Lipinski definition) is 2. The highest BCUT2D eigenvalue weighted by Gasteiger charge is 2.45. The Morgan fingerprint density at radius 1 is 1.17 bits per heavy atom. The van der Waals surface area contributed by atoms with Gasteiger partial charge < -0.3 is 10.4 Å². The molecular formula is C19H18BrNO3. The van der Waals surface area contributed by atoms with E-state index in [4.69, 9.17) is 0 Å². The standard InChI is InChI=1S/C19H18BrNO3/c1-12-6-7-16(15(20)8-12)21-17(22)11-19(18(23)24)9-13-4-2-3-5-14(13)10-19/h2-8H,9-11H2,1H3,(H,21,22)(H,23,24). The molecule has 1 amide bonds. The van der Waals surface area contributed by atoms with Crippen LogP contribution in [0.3, 0.4) is 0 Å². The number of carbonyl (C=O) groups is 2. The monoisotopic (exact) mass is 387 g/mol. The minimum atomic E-state index is -1.06. The second-order valence-electron chi connectivity index (χ2n) is 6.42. The number of fused-ring (bicyclic) bond motifs is 1. The van der Waals surface area contributed by atoms with Gasteiger partial charge >= 0.3 is 5.97 Å². The van der Waals surface area contributed by atoms with Crippen LogP contribution in [0.1, 0.15) is 23.1 Å². The van der Waals surface area contributed by atoms with E-state index >= 15 is 0 Å². The van der Waals surface area contributed by atoms with Crippen LogP contribution in [0.4, 0.5) is 5.69 Å². The number of carboxylic acids is 1. The van der Waals surface area contributed by atoms with Crippen LogP contribution < -0.4 is 5.32 Å². The summed E-state index contributed by atoms with van der Waals surface area (Å²) >= 11 is 3.42. The van der Waals surface area contributed by atoms with Gasteiger partial charge in [0.25, 0.3) is 0 Å². The normalized spacial score (nSPS) is 14.9. The molecule has 1 aliphatic carbocycles. The van der Waals surface area contributed by atoms with Gasteiger partial charge in [-0.2, -0.15) is 0 Å². The van der Waals surface area contributed by atoms with Crippen molar-refractivity contribution in [3.05, 3.63) is 63.6 Å². The SMILES string of the molecule is Cc1ccc(NC(=O)CC2(C(=O)O)Cc3ccccc3C2)c(Br)c1. The van der Waals surface area contributed by atoms with Crippen molar-refractivity contribution >= 4 is 33.5 Å². The molecule has 0 unspecified atom stereocenters. The molecule has 0 fully saturated rings. The average molecular weight is 388 g/mol. The molecule has 0 bridgehead atoms. The largest absolute Gasteiger partial charge is 0.481 e. The number of halogens is 1. The molecule has 0 aliphatic heterocycles. The van der Waals surface area contributed by atoms with Gasteiger partial charge in [-0.1, -0.05) is 30.3 Å². The summed E-state index contributed by atoms with van der Waals surface area (Å²) in [4.78, 5) is 24.4. The van der Waals surface area contributed by atoms with Crippen LogP contribution in [0, 0.1) is 12.3 Å². The number of hydrogen-bond donors (Lipinski definition) is 2. The van der Waals surface area contributed by atoms with Crippen molar-refractivity contribution in [3.8, 4) is 0 Å². The van der Waals surface area contributed by atoms with E-state index < -0.39 is 11.4 Å². The zero-order chi connectivity index (χ0) is 17.3. The summed E-state index contributed by atoms with van der Waals surface area (Å²) in [6, 6.07) is 13.3. The Morgan fingerprint density at radius 2 is 1.79 bits per heavy atom. The zero-order valence-corrected chi connectivity index (χ0v) is 14.9. The molecule has 124 valence electrons. The number of carboxylic acid groups (broad SMARTS) is 1. The minimum absolute atomic E-state index is 0.0443. The molecule has 0 spiro atoms. The Bertz CT molecular complexity index is 791. The van der Waals surface area contributed by atoms with E-state index in [9.17, 15) is 14.7 Å². The second kappa shape index (κ2) is 6.40. The molecule has 1 aliphatic rings. The van der Waals surface area contributed by atoms with Gasteiger partial charge in [-0.25, -0.2) is 0 Å². The van der Waals surface area contributed by atoms with Crippen molar-refractivity contribution in [1.29, 1.82) is 0 Å². The van der Waals surface area contributed by atoms with Crippen LogP contribution in [0.25, 0.3) is 0 Å². The van der Waals surface area contributed by atoms with Gasteiger partial charge in [0.2, 0.25) is 5.91 Å². The summed E-state index contributed by atoms with van der Waals surface area (Å²) in [6.07, 6.45) is 0.735. The molecule has 5 heteroatoms. The topological polar surface area (TPSA) is 66.4 Å². The molecule has 2 aromatic carbocycles. The number of anilines is 1. The molecule has 24 heavy (non-hydrogen) atoms. The van der Waals surface area contributed by atoms with Crippen LogP contribution in [0.15, 0.2) is 46.9 Å². The maximum Gasteiger partial charge on any atom is 0.310 e. The van der Waals surface area contributed by atoms with E-state index in [1.54, 1.807) is 0 Å². The van der Waals surface area contributed by atoms with Crippen LogP contribution in [-0.4, -0.2) is 17.0 Å². The van der Waals surface area contributed by atoms with Gasteiger partial charge in [0, 0.05) is 10.9 Å². The maximum absolute atomic E-state index is 12.5. The molecule has 0 heterocycles. The fourth-order valence-electron chi connectivity index (χ4n) is 3.27. The predicted molar refractivity (Wildman–Crippen MR) is 96.0 cm³/mol. The molecule has 3 rings (SSSR count). The Kier molecular flexibility index (Phi) is 4.45. The number of benzene rings is 2. The van der Waals surface area contributed by atoms with Crippen molar-refractivity contribution in [1.82, 2.24) is 0 Å². The highest BCUT2D eigenvalue weighted by Crippen LogP contribution is 2.40. The Morgan fingerprint density at radius 3 is 2.33 bits per heavy atom. The van der Waals surface area contributed by atoms with Gasteiger partial charge in [0.05, 0.1) is 11.1 Å². The lowest BCUT2D eigenvalue weighted by Crippen LogP contribution is -2.36. The Labute approximate surface area is 149 Å². The van der Waals surface area contributed by atoms with Crippen LogP contribution >= 0.6 is 15.9 Å². The molecule has 4 nitrogen and oxygen atoms in total. The summed E-state index contributed by atoms with van der Waals surface area (Å²) in [5, 5.41) is 12.6. The third-order valence-corrected chi connectivity index (χ3v) is 5.18. The highest BCUT2D eigenvalue weighted by molar-refractivity contribution is 9.10. The first kappa shape index (κ1) is 16.7. The number of aryl methyl sites for hydroxylation is 1. The van der Waals surface area contributed by atoms with E-state index in [-0.39, 0.29) is 12.3 Å². The molecule has 0 atom stereocenters. The lowest BCUT2D eigenvalue weighted by Gasteiger charge is -2.23. The average Bonchev–Trinajstić information content (AvgIpc) is 2.89. The molecule has 0 radical (unpaired) electrons. The van der Waals surface area contributed by atoms with Gasteiger partial charge in [0.15, 0.2) is 0 Å². The van der Waals surface area contributed by atoms with E-state index in [1.807, 2.05) is 49.4 Å². The fourth-order valence-corrected chi connectivity index (χ4v) is 3.86. The van der Waals surface area contributed by atoms with E-state index in [2.05, 4.69) is 21.2 Å². The fraction of sp³-hybridized carbons (Fsp3) is 0.263. The van der Waals surface area contributed by atoms with Crippen molar-refractivity contribution in [2.45, 2.75) is 26.2 Å². The summed E-state index contributed by atoms with van der Waals surface area (Å²) in [7, 11) is 0. The molecule has 0 saturated carbocycles. The van der Waals surface area contributed by atoms with Crippen LogP contribution in [-0.2, 0) is 22.4 Å². The second-order valence-corrected chi connectivity index (χ2v) is 7.27. The van der Waals surface area contributed by atoms with Gasteiger partial charge in [-0.05, 0) is 64.5 Å². The number of rotatable bonds is 4. The third kappa shape index (κ3) is 3.22. The first-order chi connectivity index (χ1) is 11.4. The zero-order valence-electron chi connectivity index (χ0n) is 13.3. The van der Waals surface area contributed by atoms with Crippen molar-refractivity contribution in [2.75, 3.05) is 5.32 Å². The predicted octanol–water partition coefficient (Wildman–Crippen LogP) is 3.96. The molecule has 2 N–H and O–H groups in total. The third-order valence-electron chi connectivity index (χ3n) is 4.53. The molecular weight excluding hydrogens is 370 g/mol. The molecule has 0 saturated heterocycles. The van der Waals surface area contributed by atoms with Crippen molar-refractivity contribution in [3.63, 3.8) is 0 Å². The number of carbonyl (C=O) groups excluding carboxylic acids is 1. The van der Waals surface area contributed by atoms with E-state index in [1.165, 1.54) is 0 Å². The van der Waals surface area contributed by atoms with E-state index in [0.29, 0.717) is 18.5 Å². The quantitative estimate of drug-likeness (QED) is 0.834. The molecule has 0 aromatic heterocycles.